The van der Waals surface area contributed by atoms with Crippen LogP contribution in [0.5, 0.6) is 0 Å². The first-order valence-corrected chi connectivity index (χ1v) is 8.83. The molecule has 2 aliphatic heterocycles. The molecule has 3 rings (SSSR count). The maximum absolute atomic E-state index is 13.1. The van der Waals surface area contributed by atoms with Crippen LogP contribution in [0.15, 0.2) is 12.1 Å². The molecule has 0 saturated carbocycles. The summed E-state index contributed by atoms with van der Waals surface area (Å²) < 4.78 is 31.6. The Morgan fingerprint density at radius 3 is 2.31 bits per heavy atom. The minimum atomic E-state index is -2.60. The third-order valence-corrected chi connectivity index (χ3v) is 5.24. The number of Topliss-reactive ketones (excluding diaryl/α,β-unsaturated/α-hetero) is 1. The molecule has 0 amide bonds. The molecule has 0 radical (unpaired) electrons. The number of esters is 1. The third kappa shape index (κ3) is 3.14. The summed E-state index contributed by atoms with van der Waals surface area (Å²) >= 11 is 0. The first-order valence-electron chi connectivity index (χ1n) is 8.83. The molecule has 0 N–H and O–H groups in total. The highest BCUT2D eigenvalue weighted by Crippen LogP contribution is 2.43. The zero-order valence-corrected chi connectivity index (χ0v) is 15.2. The van der Waals surface area contributed by atoms with Crippen LogP contribution < -0.4 is 0 Å². The van der Waals surface area contributed by atoms with Crippen molar-refractivity contribution >= 4 is 11.8 Å². The van der Waals surface area contributed by atoms with E-state index < -0.39 is 23.9 Å². The average Bonchev–Trinajstić information content (AvgIpc) is 2.81. The van der Waals surface area contributed by atoms with E-state index in [0.717, 1.165) is 0 Å². The van der Waals surface area contributed by atoms with Gasteiger partial charge in [-0.15, -0.1) is 0 Å². The van der Waals surface area contributed by atoms with Gasteiger partial charge in [-0.25, -0.2) is 8.78 Å². The van der Waals surface area contributed by atoms with Crippen LogP contribution in [0.3, 0.4) is 0 Å². The van der Waals surface area contributed by atoms with Gasteiger partial charge in [0.15, 0.2) is 11.4 Å². The number of rotatable bonds is 4. The van der Waals surface area contributed by atoms with E-state index in [0.29, 0.717) is 49.2 Å². The molecule has 7 heteroatoms. The second-order valence-corrected chi connectivity index (χ2v) is 6.93. The minimum absolute atomic E-state index is 0.109. The Labute approximate surface area is 151 Å². The maximum Gasteiger partial charge on any atom is 0.322 e. The van der Waals surface area contributed by atoms with Crippen LogP contribution >= 0.6 is 0 Å². The fourth-order valence-electron chi connectivity index (χ4n) is 4.02. The molecule has 142 valence electrons. The molecule has 2 saturated heterocycles. The number of nitrogens with zero attached hydrogens (tertiary/aromatic N) is 1. The largest absolute Gasteiger partial charge is 0.450 e. The monoisotopic (exact) mass is 367 g/mol. The predicted octanol–water partition coefficient (Wildman–Crippen LogP) is 3.24. The molecule has 2 aliphatic rings. The summed E-state index contributed by atoms with van der Waals surface area (Å²) in [6.45, 7) is 6.73. The second-order valence-electron chi connectivity index (χ2n) is 6.93. The lowest BCUT2D eigenvalue weighted by atomic mass is 9.79. The molecule has 1 aromatic rings. The van der Waals surface area contributed by atoms with Gasteiger partial charge in [0.2, 0.25) is 0 Å². The van der Waals surface area contributed by atoms with E-state index in [4.69, 9.17) is 9.57 Å². The van der Waals surface area contributed by atoms with Gasteiger partial charge >= 0.3 is 5.97 Å². The Morgan fingerprint density at radius 2 is 1.81 bits per heavy atom. The van der Waals surface area contributed by atoms with Crippen molar-refractivity contribution in [1.82, 2.24) is 5.06 Å². The summed E-state index contributed by atoms with van der Waals surface area (Å²) in [5, 5.41) is 1.77. The van der Waals surface area contributed by atoms with Gasteiger partial charge in [-0.2, -0.15) is 5.06 Å². The summed E-state index contributed by atoms with van der Waals surface area (Å²) in [7, 11) is 0. The number of hydroxylamine groups is 2. The second kappa shape index (κ2) is 7.04. The molecule has 2 fully saturated rings. The molecular weight excluding hydrogens is 344 g/mol. The Kier molecular flexibility index (Phi) is 5.12. The van der Waals surface area contributed by atoms with E-state index in [-0.39, 0.29) is 11.3 Å². The summed E-state index contributed by atoms with van der Waals surface area (Å²) in [5.41, 5.74) is 0.282. The highest BCUT2D eigenvalue weighted by atomic mass is 19.3. The summed E-state index contributed by atoms with van der Waals surface area (Å²) in [6.07, 6.45) is -1.84. The highest BCUT2D eigenvalue weighted by Gasteiger charge is 2.57. The van der Waals surface area contributed by atoms with Crippen LogP contribution in [0.1, 0.15) is 54.4 Å². The zero-order chi connectivity index (χ0) is 19.1. The van der Waals surface area contributed by atoms with Gasteiger partial charge in [0, 0.05) is 31.5 Å². The number of hydrogen-bond acceptors (Lipinski definition) is 5. The van der Waals surface area contributed by atoms with Crippen molar-refractivity contribution in [2.24, 2.45) is 0 Å². The van der Waals surface area contributed by atoms with E-state index in [1.807, 2.05) is 6.92 Å². The van der Waals surface area contributed by atoms with Gasteiger partial charge in [-0.1, -0.05) is 12.1 Å². The molecule has 26 heavy (non-hydrogen) atoms. The quantitative estimate of drug-likeness (QED) is 0.604. The first-order chi connectivity index (χ1) is 12.3. The molecule has 2 heterocycles. The van der Waals surface area contributed by atoms with Crippen molar-refractivity contribution in [2.45, 2.75) is 51.6 Å². The lowest BCUT2D eigenvalue weighted by Crippen LogP contribution is -2.48. The van der Waals surface area contributed by atoms with Crippen molar-refractivity contribution in [2.75, 3.05) is 19.7 Å². The SMILES string of the molecule is CCON1CCC2(CC1)OC(=O)C(c1c(C)cc(C(F)F)cc1C)C2=O. The molecule has 1 atom stereocenters. The molecule has 0 bridgehead atoms. The number of carbonyl (C=O) groups excluding carboxylic acids is 2. The smallest absolute Gasteiger partial charge is 0.322 e. The number of hydrogen-bond donors (Lipinski definition) is 0. The van der Waals surface area contributed by atoms with Crippen LogP contribution in [-0.2, 0) is 19.2 Å². The topological polar surface area (TPSA) is 55.8 Å². The number of benzene rings is 1. The van der Waals surface area contributed by atoms with Gasteiger partial charge < -0.3 is 4.74 Å². The average molecular weight is 367 g/mol. The van der Waals surface area contributed by atoms with Gasteiger partial charge in [0.25, 0.3) is 6.43 Å². The van der Waals surface area contributed by atoms with Gasteiger partial charge in [0.1, 0.15) is 5.92 Å². The first kappa shape index (κ1) is 18.9. The van der Waals surface area contributed by atoms with E-state index in [1.54, 1.807) is 18.9 Å². The lowest BCUT2D eigenvalue weighted by molar-refractivity contribution is -0.195. The molecule has 5 nitrogen and oxygen atoms in total. The van der Waals surface area contributed by atoms with Crippen LogP contribution in [0.4, 0.5) is 8.78 Å². The van der Waals surface area contributed by atoms with Gasteiger partial charge in [0.05, 0.1) is 6.61 Å². The van der Waals surface area contributed by atoms with Crippen LogP contribution in [0.25, 0.3) is 0 Å². The summed E-state index contributed by atoms with van der Waals surface area (Å²) in [4.78, 5) is 31.1. The zero-order valence-electron chi connectivity index (χ0n) is 15.2. The molecule has 1 aromatic carbocycles. The van der Waals surface area contributed by atoms with E-state index in [1.165, 1.54) is 12.1 Å². The Balaban J connectivity index is 1.89. The fraction of sp³-hybridized carbons (Fsp3) is 0.579. The summed E-state index contributed by atoms with van der Waals surface area (Å²) in [6, 6.07) is 2.69. The van der Waals surface area contributed by atoms with Crippen LogP contribution in [0, 0.1) is 13.8 Å². The van der Waals surface area contributed by atoms with Gasteiger partial charge in [-0.3, -0.25) is 14.4 Å². The van der Waals surface area contributed by atoms with E-state index >= 15 is 0 Å². The van der Waals surface area contributed by atoms with Gasteiger partial charge in [-0.05, 0) is 37.5 Å². The van der Waals surface area contributed by atoms with E-state index in [9.17, 15) is 18.4 Å². The van der Waals surface area contributed by atoms with Crippen LogP contribution in [-0.4, -0.2) is 42.1 Å². The minimum Gasteiger partial charge on any atom is -0.450 e. The summed E-state index contributed by atoms with van der Waals surface area (Å²) in [5.74, 6) is -1.90. The fourth-order valence-corrected chi connectivity index (χ4v) is 4.02. The molecular formula is C19H23F2NO4. The standard InChI is InChI=1S/C19H23F2NO4/c1-4-25-22-7-5-19(6-8-22)16(23)15(18(24)26-19)14-11(2)9-13(17(20)21)10-12(14)3/h9-10,15,17H,4-8H2,1-3H3. The molecule has 0 aliphatic carbocycles. The van der Waals surface area contributed by atoms with Crippen molar-refractivity contribution in [3.63, 3.8) is 0 Å². The van der Waals surface area contributed by atoms with Crippen molar-refractivity contribution in [3.8, 4) is 0 Å². The Bertz CT molecular complexity index is 703. The number of aryl methyl sites for hydroxylation is 2. The molecule has 1 spiro atoms. The predicted molar refractivity (Wildman–Crippen MR) is 89.9 cm³/mol. The number of ether oxygens (including phenoxy) is 1. The lowest BCUT2D eigenvalue weighted by Gasteiger charge is -2.35. The number of carbonyl (C=O) groups is 2. The Hall–Kier alpha value is -1.86. The van der Waals surface area contributed by atoms with Crippen molar-refractivity contribution < 1.29 is 27.9 Å². The normalized spacial score (nSPS) is 23.1. The molecule has 0 aromatic heterocycles. The highest BCUT2D eigenvalue weighted by molar-refractivity contribution is 6.14. The van der Waals surface area contributed by atoms with Crippen LogP contribution in [0.2, 0.25) is 0 Å². The maximum atomic E-state index is 13.1. The van der Waals surface area contributed by atoms with Crippen molar-refractivity contribution in [1.29, 1.82) is 0 Å². The van der Waals surface area contributed by atoms with Crippen molar-refractivity contribution in [3.05, 3.63) is 34.4 Å². The Morgan fingerprint density at radius 1 is 1.23 bits per heavy atom. The number of piperidine rings is 1. The number of ketones is 1. The number of alkyl halides is 2. The number of halogens is 2. The third-order valence-electron chi connectivity index (χ3n) is 5.24. The van der Waals surface area contributed by atoms with E-state index in [2.05, 4.69) is 0 Å². The molecule has 1 unspecified atom stereocenters.